The number of hydrogen-bond donors (Lipinski definition) is 0. The van der Waals surface area contributed by atoms with Crippen molar-refractivity contribution in [1.82, 2.24) is 14.1 Å². The highest BCUT2D eigenvalue weighted by molar-refractivity contribution is 7.89. The zero-order valence-corrected chi connectivity index (χ0v) is 18.0. The first-order valence-corrected chi connectivity index (χ1v) is 10.6. The van der Waals surface area contributed by atoms with Crippen LogP contribution in [0.5, 0.6) is 0 Å². The molecule has 0 aliphatic heterocycles. The predicted octanol–water partition coefficient (Wildman–Crippen LogP) is 3.52. The second-order valence-electron chi connectivity index (χ2n) is 7.63. The van der Waals surface area contributed by atoms with Gasteiger partial charge >= 0.3 is 0 Å². The van der Waals surface area contributed by atoms with Crippen LogP contribution in [-0.2, 0) is 15.4 Å². The number of nitrogens with zero attached hydrogens (tertiary/aromatic N) is 3. The van der Waals surface area contributed by atoms with Gasteiger partial charge in [0.15, 0.2) is 0 Å². The third kappa shape index (κ3) is 3.99. The van der Waals surface area contributed by atoms with Crippen LogP contribution in [0.1, 0.15) is 61.9 Å². The van der Waals surface area contributed by atoms with Crippen LogP contribution in [0.3, 0.4) is 0 Å². The highest BCUT2D eigenvalue weighted by Gasteiger charge is 2.30. The van der Waals surface area contributed by atoms with Gasteiger partial charge in [0, 0.05) is 18.7 Å². The maximum Gasteiger partial charge on any atom is 0.278 e. The minimum Gasteiger partial charge on any atom is -0.267 e. The molecule has 0 amide bonds. The molecule has 0 spiro atoms. The topological polar surface area (TPSA) is 72.3 Å². The smallest absolute Gasteiger partial charge is 0.267 e. The SMILES string of the molecule is CCN(CC)S(=O)(=O)c1c(C)nn(C(=O)c2ccc(C(C)(C)C)cc2)c1C. The summed E-state index contributed by atoms with van der Waals surface area (Å²) in [4.78, 5) is 13.0. The Bertz CT molecular complexity index is 932. The summed E-state index contributed by atoms with van der Waals surface area (Å²) < 4.78 is 28.4. The van der Waals surface area contributed by atoms with Crippen LogP contribution in [0.25, 0.3) is 0 Å². The number of rotatable bonds is 5. The standard InChI is InChI=1S/C20H29N3O3S/c1-8-22(9-2)27(25,26)18-14(3)21-23(15(18)4)19(24)16-10-12-17(13-11-16)20(5,6)7/h10-13H,8-9H2,1-7H3. The average Bonchev–Trinajstić information content (AvgIpc) is 2.89. The van der Waals surface area contributed by atoms with E-state index >= 15 is 0 Å². The van der Waals surface area contributed by atoms with E-state index in [1.54, 1.807) is 39.8 Å². The van der Waals surface area contributed by atoms with Crippen molar-refractivity contribution in [3.05, 3.63) is 46.8 Å². The molecule has 0 fully saturated rings. The van der Waals surface area contributed by atoms with Crippen molar-refractivity contribution in [2.75, 3.05) is 13.1 Å². The molecule has 2 aromatic rings. The number of hydrogen-bond acceptors (Lipinski definition) is 4. The van der Waals surface area contributed by atoms with Gasteiger partial charge in [0.05, 0.1) is 11.4 Å². The van der Waals surface area contributed by atoms with E-state index in [2.05, 4.69) is 25.9 Å². The lowest BCUT2D eigenvalue weighted by molar-refractivity contribution is 0.0942. The van der Waals surface area contributed by atoms with Crippen LogP contribution in [0.4, 0.5) is 0 Å². The van der Waals surface area contributed by atoms with Gasteiger partial charge in [-0.05, 0) is 37.0 Å². The van der Waals surface area contributed by atoms with E-state index < -0.39 is 10.0 Å². The summed E-state index contributed by atoms with van der Waals surface area (Å²) in [7, 11) is -3.69. The summed E-state index contributed by atoms with van der Waals surface area (Å²) in [6.45, 7) is 13.9. The molecule has 0 aliphatic carbocycles. The first-order valence-electron chi connectivity index (χ1n) is 9.16. The maximum absolute atomic E-state index is 12.9. The van der Waals surface area contributed by atoms with E-state index in [0.29, 0.717) is 30.0 Å². The molecular formula is C20H29N3O3S. The summed E-state index contributed by atoms with van der Waals surface area (Å²) in [5, 5.41) is 4.24. The van der Waals surface area contributed by atoms with Crippen LogP contribution >= 0.6 is 0 Å². The summed E-state index contributed by atoms with van der Waals surface area (Å²) in [5.41, 5.74) is 2.26. The fraction of sp³-hybridized carbons (Fsp3) is 0.500. The summed E-state index contributed by atoms with van der Waals surface area (Å²) in [5.74, 6) is -0.336. The molecule has 0 saturated heterocycles. The zero-order valence-electron chi connectivity index (χ0n) is 17.2. The zero-order chi connectivity index (χ0) is 20.6. The van der Waals surface area contributed by atoms with Gasteiger partial charge in [-0.3, -0.25) is 4.79 Å². The molecule has 0 radical (unpaired) electrons. The first kappa shape index (κ1) is 21.3. The largest absolute Gasteiger partial charge is 0.278 e. The summed E-state index contributed by atoms with van der Waals surface area (Å²) in [6.07, 6.45) is 0. The summed E-state index contributed by atoms with van der Waals surface area (Å²) in [6, 6.07) is 7.37. The predicted molar refractivity (Wildman–Crippen MR) is 107 cm³/mol. The van der Waals surface area contributed by atoms with Crippen LogP contribution in [-0.4, -0.2) is 41.5 Å². The minimum atomic E-state index is -3.69. The van der Waals surface area contributed by atoms with Gasteiger partial charge in [0.2, 0.25) is 10.0 Å². The van der Waals surface area contributed by atoms with Crippen molar-refractivity contribution >= 4 is 15.9 Å². The molecule has 0 saturated carbocycles. The van der Waals surface area contributed by atoms with Gasteiger partial charge in [0.25, 0.3) is 5.91 Å². The van der Waals surface area contributed by atoms with Crippen LogP contribution < -0.4 is 0 Å². The fourth-order valence-electron chi connectivity index (χ4n) is 3.13. The van der Waals surface area contributed by atoms with Gasteiger partial charge in [-0.15, -0.1) is 0 Å². The van der Waals surface area contributed by atoms with Crippen molar-refractivity contribution in [2.24, 2.45) is 0 Å². The highest BCUT2D eigenvalue weighted by Crippen LogP contribution is 2.25. The van der Waals surface area contributed by atoms with Gasteiger partial charge in [-0.1, -0.05) is 46.8 Å². The van der Waals surface area contributed by atoms with Gasteiger partial charge in [-0.25, -0.2) is 8.42 Å². The Morgan fingerprint density at radius 3 is 2.04 bits per heavy atom. The van der Waals surface area contributed by atoms with E-state index in [1.165, 1.54) is 8.99 Å². The van der Waals surface area contributed by atoms with Crippen molar-refractivity contribution in [1.29, 1.82) is 0 Å². The number of benzene rings is 1. The van der Waals surface area contributed by atoms with E-state index in [-0.39, 0.29) is 16.2 Å². The third-order valence-corrected chi connectivity index (χ3v) is 7.02. The van der Waals surface area contributed by atoms with Crippen LogP contribution in [0, 0.1) is 13.8 Å². The lowest BCUT2D eigenvalue weighted by Crippen LogP contribution is -2.31. The Morgan fingerprint density at radius 1 is 1.07 bits per heavy atom. The lowest BCUT2D eigenvalue weighted by Gasteiger charge is -2.19. The number of carbonyl (C=O) groups excluding carboxylic acids is 1. The number of aryl methyl sites for hydroxylation is 1. The Labute approximate surface area is 162 Å². The molecule has 1 aromatic carbocycles. The molecule has 0 aliphatic rings. The number of sulfonamides is 1. The second kappa shape index (κ2) is 7.56. The molecule has 0 N–H and O–H groups in total. The average molecular weight is 392 g/mol. The molecule has 0 unspecified atom stereocenters. The van der Waals surface area contributed by atoms with Crippen molar-refractivity contribution in [3.63, 3.8) is 0 Å². The van der Waals surface area contributed by atoms with Crippen molar-refractivity contribution in [3.8, 4) is 0 Å². The lowest BCUT2D eigenvalue weighted by atomic mass is 9.87. The third-order valence-electron chi connectivity index (χ3n) is 4.72. The molecule has 1 aromatic heterocycles. The second-order valence-corrected chi connectivity index (χ2v) is 9.51. The first-order chi connectivity index (χ1) is 12.4. The Kier molecular flexibility index (Phi) is 5.97. The van der Waals surface area contributed by atoms with Crippen LogP contribution in [0.15, 0.2) is 29.2 Å². The van der Waals surface area contributed by atoms with E-state index in [9.17, 15) is 13.2 Å². The highest BCUT2D eigenvalue weighted by atomic mass is 32.2. The Morgan fingerprint density at radius 2 is 1.59 bits per heavy atom. The van der Waals surface area contributed by atoms with E-state index in [0.717, 1.165) is 5.56 Å². The van der Waals surface area contributed by atoms with Crippen LogP contribution in [0.2, 0.25) is 0 Å². The van der Waals surface area contributed by atoms with E-state index in [4.69, 9.17) is 0 Å². The molecule has 1 heterocycles. The molecular weight excluding hydrogens is 362 g/mol. The van der Waals surface area contributed by atoms with Gasteiger partial charge in [0.1, 0.15) is 4.90 Å². The molecule has 0 atom stereocenters. The Hall–Kier alpha value is -1.99. The quantitative estimate of drug-likeness (QED) is 0.782. The number of carbonyl (C=O) groups is 1. The molecule has 7 heteroatoms. The summed E-state index contributed by atoms with van der Waals surface area (Å²) >= 11 is 0. The van der Waals surface area contributed by atoms with E-state index in [1.807, 2.05) is 12.1 Å². The molecule has 148 valence electrons. The fourth-order valence-corrected chi connectivity index (χ4v) is 4.94. The number of aromatic nitrogens is 2. The molecule has 0 bridgehead atoms. The maximum atomic E-state index is 12.9. The molecule has 27 heavy (non-hydrogen) atoms. The molecule has 6 nitrogen and oxygen atoms in total. The Balaban J connectivity index is 2.48. The minimum absolute atomic E-state index is 0.00913. The molecule has 2 rings (SSSR count). The van der Waals surface area contributed by atoms with Gasteiger partial charge in [-0.2, -0.15) is 14.1 Å². The normalized spacial score (nSPS) is 12.6. The van der Waals surface area contributed by atoms with Gasteiger partial charge < -0.3 is 0 Å². The van der Waals surface area contributed by atoms with Crippen molar-refractivity contribution in [2.45, 2.75) is 58.8 Å². The monoisotopic (exact) mass is 391 g/mol. The van der Waals surface area contributed by atoms with Crippen molar-refractivity contribution < 1.29 is 13.2 Å².